The van der Waals surface area contributed by atoms with Crippen molar-refractivity contribution >= 4 is 6.09 Å². The van der Waals surface area contributed by atoms with Crippen LogP contribution in [-0.2, 0) is 27.4 Å². The van der Waals surface area contributed by atoms with E-state index >= 15 is 0 Å². The highest BCUT2D eigenvalue weighted by Gasteiger charge is 2.39. The maximum Gasteiger partial charge on any atom is 0.407 e. The van der Waals surface area contributed by atoms with Gasteiger partial charge in [-0.05, 0) is 41.5 Å². The zero-order valence-electron chi connectivity index (χ0n) is 26.8. The summed E-state index contributed by atoms with van der Waals surface area (Å²) in [6.45, 7) is 2.86. The van der Waals surface area contributed by atoms with E-state index in [4.69, 9.17) is 33.2 Å². The quantitative estimate of drug-likeness (QED) is 0.181. The van der Waals surface area contributed by atoms with Gasteiger partial charge >= 0.3 is 6.09 Å². The van der Waals surface area contributed by atoms with Crippen molar-refractivity contribution in [1.82, 2.24) is 4.90 Å². The third-order valence-electron chi connectivity index (χ3n) is 7.75. The second kappa shape index (κ2) is 18.2. The Morgan fingerprint density at radius 1 is 0.804 bits per heavy atom. The molecule has 1 heterocycles. The van der Waals surface area contributed by atoms with E-state index in [1.54, 1.807) is 21.3 Å². The molecule has 1 aliphatic rings. The first-order valence-electron chi connectivity index (χ1n) is 15.4. The number of methoxy groups -OCH3 is 3. The predicted octanol–water partition coefficient (Wildman–Crippen LogP) is 5.13. The molecule has 46 heavy (non-hydrogen) atoms. The van der Waals surface area contributed by atoms with Crippen LogP contribution in [0.4, 0.5) is 4.79 Å². The fourth-order valence-corrected chi connectivity index (χ4v) is 5.40. The van der Waals surface area contributed by atoms with Gasteiger partial charge in [-0.1, -0.05) is 36.4 Å². The number of hydrogen-bond acceptors (Lipinski definition) is 9. The van der Waals surface area contributed by atoms with Gasteiger partial charge in [0.25, 0.3) is 0 Å². The zero-order chi connectivity index (χ0) is 32.7. The van der Waals surface area contributed by atoms with Gasteiger partial charge in [0.15, 0.2) is 11.5 Å². The molecule has 0 aliphatic carbocycles. The Hall–Kier alpha value is -4.03. The Morgan fingerprint density at radius 3 is 2.28 bits per heavy atom. The second-order valence-corrected chi connectivity index (χ2v) is 10.9. The Bertz CT molecular complexity index is 1350. The van der Waals surface area contributed by atoms with Crippen LogP contribution >= 0.6 is 0 Å². The standard InChI is InChI=1S/C35H45NO10/c1-40-16-6-19-45-32-20-25(10-15-31(32)42-3)23-46-33-22-36(35(38)39)21-29(37)34(33)26-11-13-28(14-12-26)44-18-7-17-43-24-27-8-4-5-9-30(27)41-2/h4-5,8-15,20,29,33-34,37H,6-7,16-19,21-24H2,1-3H3,(H,38,39)/t29-,33+,34+/m1/s1. The maximum atomic E-state index is 11.8. The first kappa shape index (κ1) is 34.8. The van der Waals surface area contributed by atoms with Crippen molar-refractivity contribution in [1.29, 1.82) is 0 Å². The molecule has 11 heteroatoms. The lowest BCUT2D eigenvalue weighted by atomic mass is 9.84. The number of nitrogens with zero attached hydrogens (tertiary/aromatic N) is 1. The molecule has 1 fully saturated rings. The average molecular weight is 640 g/mol. The molecule has 3 aromatic carbocycles. The van der Waals surface area contributed by atoms with Gasteiger partial charge in [0.1, 0.15) is 11.5 Å². The molecule has 0 spiro atoms. The van der Waals surface area contributed by atoms with Gasteiger partial charge in [-0.3, -0.25) is 0 Å². The summed E-state index contributed by atoms with van der Waals surface area (Å²) in [4.78, 5) is 13.0. The van der Waals surface area contributed by atoms with E-state index in [2.05, 4.69) is 0 Å². The van der Waals surface area contributed by atoms with E-state index in [1.807, 2.05) is 66.7 Å². The largest absolute Gasteiger partial charge is 0.496 e. The normalized spacial score (nSPS) is 17.8. The Kier molecular flexibility index (Phi) is 13.8. The van der Waals surface area contributed by atoms with Crippen molar-refractivity contribution in [3.05, 3.63) is 83.4 Å². The SMILES string of the molecule is COCCCOc1cc(CO[C@H]2CN(C(=O)O)C[C@@H](O)[C@@H]2c2ccc(OCCCOCc3ccccc3OC)cc2)ccc1OC. The second-order valence-electron chi connectivity index (χ2n) is 10.9. The summed E-state index contributed by atoms with van der Waals surface area (Å²) in [5.41, 5.74) is 2.67. The number of β-amino-alcohol motifs (C(OH)–C–C–N with tert-alkyl or cyclic N) is 1. The Morgan fingerprint density at radius 2 is 1.54 bits per heavy atom. The van der Waals surface area contributed by atoms with Gasteiger partial charge in [-0.2, -0.15) is 0 Å². The maximum absolute atomic E-state index is 11.8. The monoisotopic (exact) mass is 639 g/mol. The van der Waals surface area contributed by atoms with Crippen LogP contribution in [0.2, 0.25) is 0 Å². The van der Waals surface area contributed by atoms with Crippen molar-refractivity contribution in [3.63, 3.8) is 0 Å². The number of likely N-dealkylation sites (tertiary alicyclic amines) is 1. The molecule has 0 aromatic heterocycles. The van der Waals surface area contributed by atoms with Crippen molar-refractivity contribution in [2.75, 3.05) is 60.8 Å². The van der Waals surface area contributed by atoms with Gasteiger partial charge in [-0.25, -0.2) is 4.79 Å². The first-order chi connectivity index (χ1) is 22.4. The van der Waals surface area contributed by atoms with Crippen molar-refractivity contribution in [2.24, 2.45) is 0 Å². The van der Waals surface area contributed by atoms with E-state index < -0.39 is 24.2 Å². The number of amides is 1. The predicted molar refractivity (Wildman–Crippen MR) is 171 cm³/mol. The van der Waals surface area contributed by atoms with E-state index in [-0.39, 0.29) is 19.7 Å². The van der Waals surface area contributed by atoms with E-state index in [0.29, 0.717) is 56.7 Å². The smallest absolute Gasteiger partial charge is 0.407 e. The highest BCUT2D eigenvalue weighted by Crippen LogP contribution is 2.34. The van der Waals surface area contributed by atoms with Crippen LogP contribution in [0, 0.1) is 0 Å². The molecule has 2 N–H and O–H groups in total. The van der Waals surface area contributed by atoms with Crippen LogP contribution in [0.3, 0.4) is 0 Å². The summed E-state index contributed by atoms with van der Waals surface area (Å²) in [7, 11) is 4.87. The summed E-state index contributed by atoms with van der Waals surface area (Å²) < 4.78 is 39.8. The number of aliphatic hydroxyl groups is 1. The Balaban J connectivity index is 1.33. The van der Waals surface area contributed by atoms with Crippen LogP contribution < -0.4 is 18.9 Å². The molecule has 11 nitrogen and oxygen atoms in total. The minimum atomic E-state index is -1.10. The van der Waals surface area contributed by atoms with Crippen molar-refractivity contribution in [2.45, 2.75) is 44.2 Å². The summed E-state index contributed by atoms with van der Waals surface area (Å²) in [6, 6.07) is 20.8. The molecule has 0 unspecified atom stereocenters. The lowest BCUT2D eigenvalue weighted by Gasteiger charge is -2.40. The molecule has 0 saturated carbocycles. The third-order valence-corrected chi connectivity index (χ3v) is 7.75. The highest BCUT2D eigenvalue weighted by molar-refractivity contribution is 5.65. The van der Waals surface area contributed by atoms with Gasteiger partial charge in [-0.15, -0.1) is 0 Å². The number of carbonyl (C=O) groups is 1. The molecule has 1 aliphatic heterocycles. The molecular formula is C35H45NO10. The fraction of sp³-hybridized carbons (Fsp3) is 0.457. The number of benzene rings is 3. The van der Waals surface area contributed by atoms with Gasteiger partial charge < -0.3 is 48.3 Å². The zero-order valence-corrected chi connectivity index (χ0v) is 26.8. The summed E-state index contributed by atoms with van der Waals surface area (Å²) in [5, 5.41) is 20.8. The average Bonchev–Trinajstić information content (AvgIpc) is 3.07. The number of rotatable bonds is 18. The van der Waals surface area contributed by atoms with Gasteiger partial charge in [0.2, 0.25) is 0 Å². The molecule has 0 radical (unpaired) electrons. The molecule has 250 valence electrons. The minimum Gasteiger partial charge on any atom is -0.496 e. The number of hydrogen-bond donors (Lipinski definition) is 2. The number of aliphatic hydroxyl groups excluding tert-OH is 1. The molecule has 0 bridgehead atoms. The number of para-hydroxylation sites is 1. The van der Waals surface area contributed by atoms with Crippen LogP contribution in [-0.4, -0.2) is 94.3 Å². The molecular weight excluding hydrogens is 594 g/mol. The molecule has 1 saturated heterocycles. The third kappa shape index (κ3) is 9.98. The first-order valence-corrected chi connectivity index (χ1v) is 15.4. The number of piperidine rings is 1. The van der Waals surface area contributed by atoms with E-state index in [1.165, 1.54) is 4.90 Å². The molecule has 3 atom stereocenters. The number of ether oxygens (including phenoxy) is 7. The van der Waals surface area contributed by atoms with Crippen LogP contribution in [0.25, 0.3) is 0 Å². The summed E-state index contributed by atoms with van der Waals surface area (Å²) >= 11 is 0. The summed E-state index contributed by atoms with van der Waals surface area (Å²) in [5.74, 6) is 2.26. The van der Waals surface area contributed by atoms with E-state index in [9.17, 15) is 15.0 Å². The lowest BCUT2D eigenvalue weighted by molar-refractivity contribution is -0.0660. The summed E-state index contributed by atoms with van der Waals surface area (Å²) in [6.07, 6.45) is -1.18. The van der Waals surface area contributed by atoms with Crippen molar-refractivity contribution < 1.29 is 48.2 Å². The van der Waals surface area contributed by atoms with Crippen LogP contribution in [0.15, 0.2) is 66.7 Å². The number of carboxylic acid groups (broad SMARTS) is 1. The molecule has 3 aromatic rings. The van der Waals surface area contributed by atoms with Gasteiger partial charge in [0.05, 0.1) is 72.6 Å². The Labute approximate surface area is 270 Å². The van der Waals surface area contributed by atoms with Crippen LogP contribution in [0.1, 0.15) is 35.4 Å². The fourth-order valence-electron chi connectivity index (χ4n) is 5.40. The topological polar surface area (TPSA) is 125 Å². The molecule has 1 amide bonds. The van der Waals surface area contributed by atoms with E-state index in [0.717, 1.165) is 28.9 Å². The molecule has 4 rings (SSSR count). The highest BCUT2D eigenvalue weighted by atomic mass is 16.5. The van der Waals surface area contributed by atoms with Gasteiger partial charge in [0, 0.05) is 38.0 Å². The lowest BCUT2D eigenvalue weighted by Crippen LogP contribution is -2.53. The minimum absolute atomic E-state index is 0.00499. The van der Waals surface area contributed by atoms with Crippen molar-refractivity contribution in [3.8, 4) is 23.0 Å². The van der Waals surface area contributed by atoms with Crippen LogP contribution in [0.5, 0.6) is 23.0 Å².